The number of carbonyl (C=O) groups is 1. The molecule has 0 saturated heterocycles. The molecule has 136 valence electrons. The highest BCUT2D eigenvalue weighted by atomic mass is 32.2. The zero-order chi connectivity index (χ0) is 19.1. The molecule has 0 bridgehead atoms. The van der Waals surface area contributed by atoms with Crippen LogP contribution in [0, 0.1) is 6.92 Å². The molecule has 26 heavy (non-hydrogen) atoms. The molecule has 0 fully saturated rings. The van der Waals surface area contributed by atoms with Crippen LogP contribution in [0.15, 0.2) is 48.7 Å². The maximum absolute atomic E-state index is 12.3. The molecule has 1 aromatic heterocycles. The number of aromatic nitrogens is 1. The summed E-state index contributed by atoms with van der Waals surface area (Å²) in [5.74, 6) is -0.654. The summed E-state index contributed by atoms with van der Waals surface area (Å²) in [6, 6.07) is 13.4. The number of amides is 1. The van der Waals surface area contributed by atoms with Crippen LogP contribution in [-0.2, 0) is 17.3 Å². The Morgan fingerprint density at radius 2 is 1.73 bits per heavy atom. The summed E-state index contributed by atoms with van der Waals surface area (Å²) in [5, 5.41) is 1.00. The third-order valence-electron chi connectivity index (χ3n) is 4.32. The van der Waals surface area contributed by atoms with Crippen LogP contribution in [0.5, 0.6) is 0 Å². The van der Waals surface area contributed by atoms with Crippen molar-refractivity contribution in [3.63, 3.8) is 0 Å². The van der Waals surface area contributed by atoms with Gasteiger partial charge in [0, 0.05) is 49.4 Å². The number of aryl methyl sites for hydroxylation is 2. The van der Waals surface area contributed by atoms with Crippen LogP contribution in [0.25, 0.3) is 22.0 Å². The zero-order valence-corrected chi connectivity index (χ0v) is 16.0. The van der Waals surface area contributed by atoms with Crippen LogP contribution in [0.3, 0.4) is 0 Å². The van der Waals surface area contributed by atoms with Crippen molar-refractivity contribution in [3.8, 4) is 11.1 Å². The topological polar surface area (TPSA) is 71.4 Å². The molecule has 0 aliphatic carbocycles. The van der Waals surface area contributed by atoms with Gasteiger partial charge in [0.25, 0.3) is 5.91 Å². The van der Waals surface area contributed by atoms with Gasteiger partial charge in [-0.25, -0.2) is 4.72 Å². The van der Waals surface area contributed by atoms with Gasteiger partial charge in [-0.3, -0.25) is 4.79 Å². The number of rotatable bonds is 4. The Labute approximate surface area is 153 Å². The third-order valence-corrected chi connectivity index (χ3v) is 5.72. The van der Waals surface area contributed by atoms with Crippen molar-refractivity contribution in [3.05, 3.63) is 59.8 Å². The van der Waals surface area contributed by atoms with Crippen molar-refractivity contribution in [1.29, 1.82) is 0 Å². The van der Waals surface area contributed by atoms with Crippen molar-refractivity contribution in [2.24, 2.45) is 7.05 Å². The Kier molecular flexibility index (Phi) is 4.60. The van der Waals surface area contributed by atoms with E-state index < -0.39 is 16.1 Å². The fourth-order valence-corrected chi connectivity index (χ4v) is 3.29. The summed E-state index contributed by atoms with van der Waals surface area (Å²) >= 11 is 0. The Morgan fingerprint density at radius 3 is 2.35 bits per heavy atom. The van der Waals surface area contributed by atoms with Gasteiger partial charge in [0.2, 0.25) is 0 Å². The lowest BCUT2D eigenvalue weighted by atomic mass is 10.0. The highest BCUT2D eigenvalue weighted by Crippen LogP contribution is 2.31. The van der Waals surface area contributed by atoms with E-state index in [-0.39, 0.29) is 0 Å². The number of benzene rings is 2. The summed E-state index contributed by atoms with van der Waals surface area (Å²) in [4.78, 5) is 12.3. The molecule has 6 nitrogen and oxygen atoms in total. The van der Waals surface area contributed by atoms with Gasteiger partial charge in [0.05, 0.1) is 0 Å². The van der Waals surface area contributed by atoms with Gasteiger partial charge >= 0.3 is 10.2 Å². The number of carbonyl (C=O) groups excluding carboxylic acids is 1. The van der Waals surface area contributed by atoms with Crippen LogP contribution in [0.2, 0.25) is 0 Å². The van der Waals surface area contributed by atoms with E-state index in [1.54, 1.807) is 12.1 Å². The first kappa shape index (κ1) is 18.2. The fourth-order valence-electron chi connectivity index (χ4n) is 2.76. The van der Waals surface area contributed by atoms with E-state index in [4.69, 9.17) is 0 Å². The van der Waals surface area contributed by atoms with Crippen molar-refractivity contribution >= 4 is 27.0 Å². The molecule has 0 radical (unpaired) electrons. The summed E-state index contributed by atoms with van der Waals surface area (Å²) in [6.07, 6.45) is 2.01. The average molecular weight is 371 g/mol. The summed E-state index contributed by atoms with van der Waals surface area (Å²) in [5.41, 5.74) is 4.49. The lowest BCUT2D eigenvalue weighted by Crippen LogP contribution is -2.39. The molecule has 1 N–H and O–H groups in total. The third kappa shape index (κ3) is 3.36. The van der Waals surface area contributed by atoms with Crippen LogP contribution in [-0.4, -0.2) is 37.3 Å². The van der Waals surface area contributed by atoms with Gasteiger partial charge < -0.3 is 4.57 Å². The van der Waals surface area contributed by atoms with Crippen LogP contribution >= 0.6 is 0 Å². The SMILES string of the molecule is Cc1ccc(-c2cn(C)c3cc(C(=O)NS(=O)(=O)N(C)C)ccc23)cc1. The lowest BCUT2D eigenvalue weighted by Gasteiger charge is -2.12. The molecule has 0 aliphatic rings. The van der Waals surface area contributed by atoms with Crippen molar-refractivity contribution in [2.75, 3.05) is 14.1 Å². The van der Waals surface area contributed by atoms with Gasteiger partial charge in [-0.05, 0) is 24.6 Å². The summed E-state index contributed by atoms with van der Waals surface area (Å²) in [6.45, 7) is 2.04. The molecule has 1 heterocycles. The number of hydrogen-bond acceptors (Lipinski definition) is 3. The summed E-state index contributed by atoms with van der Waals surface area (Å²) < 4.78 is 28.6. The average Bonchev–Trinajstić information content (AvgIpc) is 2.91. The lowest BCUT2D eigenvalue weighted by molar-refractivity contribution is 0.0980. The van der Waals surface area contributed by atoms with E-state index >= 15 is 0 Å². The molecule has 3 aromatic rings. The van der Waals surface area contributed by atoms with Gasteiger partial charge in [0.15, 0.2) is 0 Å². The number of fused-ring (bicyclic) bond motifs is 1. The van der Waals surface area contributed by atoms with E-state index in [1.807, 2.05) is 30.8 Å². The van der Waals surface area contributed by atoms with E-state index in [0.717, 1.165) is 26.3 Å². The quantitative estimate of drug-likeness (QED) is 0.766. The molecule has 3 rings (SSSR count). The number of hydrogen-bond donors (Lipinski definition) is 1. The Morgan fingerprint density at radius 1 is 1.08 bits per heavy atom. The number of nitrogens with one attached hydrogen (secondary N) is 1. The molecule has 0 aliphatic heterocycles. The fraction of sp³-hybridized carbons (Fsp3) is 0.211. The first-order valence-electron chi connectivity index (χ1n) is 8.10. The van der Waals surface area contributed by atoms with Crippen LogP contribution in [0.4, 0.5) is 0 Å². The predicted molar refractivity (Wildman–Crippen MR) is 103 cm³/mol. The smallest absolute Gasteiger partial charge is 0.303 e. The minimum atomic E-state index is -3.82. The highest BCUT2D eigenvalue weighted by Gasteiger charge is 2.19. The first-order chi connectivity index (χ1) is 12.2. The Hall–Kier alpha value is -2.64. The maximum atomic E-state index is 12.3. The second-order valence-corrected chi connectivity index (χ2v) is 8.35. The molecular formula is C19H21N3O3S. The van der Waals surface area contributed by atoms with Crippen molar-refractivity contribution in [2.45, 2.75) is 6.92 Å². The van der Waals surface area contributed by atoms with Crippen molar-refractivity contribution in [1.82, 2.24) is 13.6 Å². The van der Waals surface area contributed by atoms with Crippen molar-refractivity contribution < 1.29 is 13.2 Å². The van der Waals surface area contributed by atoms with Gasteiger partial charge in [-0.1, -0.05) is 35.9 Å². The number of nitrogens with zero attached hydrogens (tertiary/aromatic N) is 2. The minimum Gasteiger partial charge on any atom is -0.350 e. The van der Waals surface area contributed by atoms with Gasteiger partial charge in [-0.15, -0.1) is 0 Å². The Balaban J connectivity index is 2.01. The monoisotopic (exact) mass is 371 g/mol. The molecule has 0 atom stereocenters. The molecule has 0 saturated carbocycles. The van der Waals surface area contributed by atoms with E-state index in [2.05, 4.69) is 29.0 Å². The van der Waals surface area contributed by atoms with E-state index in [1.165, 1.54) is 19.7 Å². The van der Waals surface area contributed by atoms with E-state index in [9.17, 15) is 13.2 Å². The highest BCUT2D eigenvalue weighted by molar-refractivity contribution is 7.87. The molecule has 0 spiro atoms. The van der Waals surface area contributed by atoms with Gasteiger partial charge in [-0.2, -0.15) is 12.7 Å². The predicted octanol–water partition coefficient (Wildman–Crippen LogP) is 2.69. The minimum absolute atomic E-state index is 0.291. The largest absolute Gasteiger partial charge is 0.350 e. The van der Waals surface area contributed by atoms with Crippen LogP contribution < -0.4 is 4.72 Å². The normalized spacial score (nSPS) is 11.9. The Bertz CT molecular complexity index is 1080. The summed E-state index contributed by atoms with van der Waals surface area (Å²) in [7, 11) is 0.807. The second kappa shape index (κ2) is 6.59. The zero-order valence-electron chi connectivity index (χ0n) is 15.1. The molecule has 1 amide bonds. The standard InChI is InChI=1S/C19H21N3O3S/c1-13-5-7-14(8-6-13)17-12-22(4)18-11-15(9-10-16(17)18)19(23)20-26(24,25)21(2)3/h5-12H,1-4H3,(H,20,23). The maximum Gasteiger partial charge on any atom is 0.303 e. The molecule has 7 heteroatoms. The molecule has 2 aromatic carbocycles. The molecule has 0 unspecified atom stereocenters. The van der Waals surface area contributed by atoms with Gasteiger partial charge in [0.1, 0.15) is 0 Å². The van der Waals surface area contributed by atoms with Crippen LogP contribution in [0.1, 0.15) is 15.9 Å². The van der Waals surface area contributed by atoms with E-state index in [0.29, 0.717) is 5.56 Å². The molecular weight excluding hydrogens is 350 g/mol. The first-order valence-corrected chi connectivity index (χ1v) is 9.54. The second-order valence-electron chi connectivity index (χ2n) is 6.47.